The molecule has 0 N–H and O–H groups in total. The van der Waals surface area contributed by atoms with E-state index in [1.165, 1.54) is 5.56 Å². The maximum atomic E-state index is 11.6. The van der Waals surface area contributed by atoms with E-state index in [2.05, 4.69) is 47.4 Å². The first-order valence-corrected chi connectivity index (χ1v) is 26.0. The fourth-order valence-corrected chi connectivity index (χ4v) is 7.08. The van der Waals surface area contributed by atoms with E-state index >= 15 is 0 Å². The van der Waals surface area contributed by atoms with Gasteiger partial charge in [-0.2, -0.15) is 0 Å². The number of rotatable bonds is 17. The zero-order chi connectivity index (χ0) is 60.1. The summed E-state index contributed by atoms with van der Waals surface area (Å²) in [6, 6.07) is 44.3. The van der Waals surface area contributed by atoms with Crippen LogP contribution in [0.4, 0.5) is 24.0 Å². The fraction of sp³-hybridized carbons (Fsp3) is 0.310. The number of hydrogen-bond donors (Lipinski definition) is 0. The van der Waals surface area contributed by atoms with Crippen LogP contribution in [0.1, 0.15) is 41.7 Å². The van der Waals surface area contributed by atoms with E-state index in [9.17, 15) is 47.9 Å². The average Bonchev–Trinajstić information content (AvgIpc) is 4.46. The molecule has 0 aromatic heterocycles. The predicted molar refractivity (Wildman–Crippen MR) is 282 cm³/mol. The van der Waals surface area contributed by atoms with Crippen LogP contribution in [0.25, 0.3) is 0 Å². The number of cyclic esters (lactones) is 10. The van der Waals surface area contributed by atoms with Gasteiger partial charge in [0, 0.05) is 11.4 Å². The van der Waals surface area contributed by atoms with Crippen LogP contribution < -0.4 is 4.74 Å². The van der Waals surface area contributed by atoms with E-state index in [4.69, 9.17) is 35.3 Å². The number of ether oxygens (including phenoxy) is 15. The van der Waals surface area contributed by atoms with Gasteiger partial charge in [-0.25, -0.2) is 47.9 Å². The van der Waals surface area contributed by atoms with Crippen molar-refractivity contribution in [1.82, 2.24) is 0 Å². The summed E-state index contributed by atoms with van der Waals surface area (Å²) in [5, 5.41) is 0.609. The third-order valence-corrected chi connectivity index (χ3v) is 11.5. The molecule has 84 heavy (non-hydrogen) atoms. The third-order valence-electron chi connectivity index (χ3n) is 11.3. The summed E-state index contributed by atoms with van der Waals surface area (Å²) in [5.74, 6) is -2.55. The Bertz CT molecular complexity index is 2960. The SMILES string of the molecule is CC(OC(=O)C1COC(=O)O1)c1ccccc1.O=C1OCC(C(=O)OCCCc2ccccc2)O1.O=C1OCC(C(=O)OCCc2ccccc2)O1.O=C1OCC(C(=O)OCc2ccc(Cl)cc2)O1.O=C1OCC(C(=O)Oc2ccccc2)O1. The van der Waals surface area contributed by atoms with Crippen LogP contribution in [0, 0.1) is 0 Å². The molecular weight excluding hydrogens is 1130 g/mol. The van der Waals surface area contributed by atoms with E-state index in [0.717, 1.165) is 29.5 Å². The van der Waals surface area contributed by atoms with Gasteiger partial charge in [-0.1, -0.05) is 133 Å². The minimum Gasteiger partial charge on any atom is -0.463 e. The molecule has 5 saturated heterocycles. The topological polar surface area (TPSA) is 309 Å². The van der Waals surface area contributed by atoms with Crippen molar-refractivity contribution < 1.29 is 119 Å². The van der Waals surface area contributed by atoms with Crippen molar-refractivity contribution in [1.29, 1.82) is 0 Å². The van der Waals surface area contributed by atoms with Crippen LogP contribution in [0.15, 0.2) is 146 Å². The molecule has 0 aliphatic carbocycles. The largest absolute Gasteiger partial charge is 0.509 e. The number of halogens is 1. The van der Waals surface area contributed by atoms with Gasteiger partial charge < -0.3 is 71.1 Å². The quantitative estimate of drug-likeness (QED) is 0.0370. The Labute approximate surface area is 483 Å². The first-order valence-electron chi connectivity index (χ1n) is 25.6. The Balaban J connectivity index is 0.000000169. The lowest BCUT2D eigenvalue weighted by Gasteiger charge is -2.14. The molecule has 0 saturated carbocycles. The van der Waals surface area contributed by atoms with Crippen molar-refractivity contribution in [3.63, 3.8) is 0 Å². The number of carbonyl (C=O) groups excluding carboxylic acids is 10. The molecule has 26 heteroatoms. The highest BCUT2D eigenvalue weighted by atomic mass is 35.5. The Morgan fingerprint density at radius 2 is 0.798 bits per heavy atom. The van der Waals surface area contributed by atoms with Crippen molar-refractivity contribution in [2.75, 3.05) is 46.2 Å². The minimum absolute atomic E-state index is 0.0592. The summed E-state index contributed by atoms with van der Waals surface area (Å²) in [6.07, 6.45) is -7.05. The van der Waals surface area contributed by atoms with Gasteiger partial charge in [-0.15, -0.1) is 0 Å². The van der Waals surface area contributed by atoms with Gasteiger partial charge in [0.05, 0.1) is 13.2 Å². The van der Waals surface area contributed by atoms with Crippen molar-refractivity contribution >= 4 is 72.2 Å². The van der Waals surface area contributed by atoms with Crippen LogP contribution in [0.5, 0.6) is 5.75 Å². The summed E-state index contributed by atoms with van der Waals surface area (Å²) in [6.45, 7) is 2.02. The highest BCUT2D eigenvalue weighted by molar-refractivity contribution is 6.30. The Morgan fingerprint density at radius 3 is 1.23 bits per heavy atom. The van der Waals surface area contributed by atoms with Gasteiger partial charge in [-0.05, 0) is 66.3 Å². The number of benzene rings is 5. The zero-order valence-corrected chi connectivity index (χ0v) is 45.4. The Morgan fingerprint density at radius 1 is 0.429 bits per heavy atom. The molecule has 10 rings (SSSR count). The van der Waals surface area contributed by atoms with Crippen LogP contribution in [-0.4, -0.2) is 137 Å². The Hall–Kier alpha value is -9.91. The highest BCUT2D eigenvalue weighted by Crippen LogP contribution is 2.20. The fourth-order valence-electron chi connectivity index (χ4n) is 6.95. The van der Waals surface area contributed by atoms with E-state index in [1.807, 2.05) is 91.0 Å². The van der Waals surface area contributed by atoms with Gasteiger partial charge in [-0.3, -0.25) is 0 Å². The van der Waals surface area contributed by atoms with Crippen LogP contribution >= 0.6 is 11.6 Å². The molecule has 25 nitrogen and oxygen atoms in total. The Kier molecular flexibility index (Phi) is 25.4. The van der Waals surface area contributed by atoms with Gasteiger partial charge in [0.2, 0.25) is 30.5 Å². The van der Waals surface area contributed by atoms with Crippen molar-refractivity contribution in [2.24, 2.45) is 0 Å². The highest BCUT2D eigenvalue weighted by Gasteiger charge is 2.37. The molecule has 0 bridgehead atoms. The maximum absolute atomic E-state index is 11.6. The van der Waals surface area contributed by atoms with Crippen molar-refractivity contribution in [2.45, 2.75) is 69.4 Å². The first-order chi connectivity index (χ1) is 40.6. The number of para-hydroxylation sites is 1. The molecule has 444 valence electrons. The number of carbonyl (C=O) groups is 10. The molecule has 0 amide bonds. The molecule has 0 radical (unpaired) electrons. The molecule has 5 fully saturated rings. The van der Waals surface area contributed by atoms with E-state index in [0.29, 0.717) is 23.8 Å². The second-order valence-electron chi connectivity index (χ2n) is 17.5. The molecule has 0 spiro atoms. The summed E-state index contributed by atoms with van der Waals surface area (Å²) < 4.78 is 70.5. The van der Waals surface area contributed by atoms with Gasteiger partial charge in [0.25, 0.3) is 0 Å². The third kappa shape index (κ3) is 22.6. The predicted octanol–water partition coefficient (Wildman–Crippen LogP) is 7.88. The van der Waals surface area contributed by atoms with E-state index in [-0.39, 0.29) is 52.4 Å². The monoisotopic (exact) mass is 1190 g/mol. The molecule has 5 aromatic rings. The zero-order valence-electron chi connectivity index (χ0n) is 44.7. The van der Waals surface area contributed by atoms with Crippen molar-refractivity contribution in [3.05, 3.63) is 173 Å². The molecular formula is C58H55ClO25. The summed E-state index contributed by atoms with van der Waals surface area (Å²) in [5.41, 5.74) is 3.96. The number of aryl methyl sites for hydroxylation is 1. The second-order valence-corrected chi connectivity index (χ2v) is 17.9. The lowest BCUT2D eigenvalue weighted by molar-refractivity contribution is -0.157. The number of esters is 5. The van der Waals surface area contributed by atoms with Crippen LogP contribution in [0.3, 0.4) is 0 Å². The summed E-state index contributed by atoms with van der Waals surface area (Å²) in [4.78, 5) is 110. The standard InChI is InChI=1S/C13H14O5.2C12H12O5.C11H9ClO5.C10H8O5/c14-12(11-9-17-13(15)18-11)16-8-4-7-10-5-2-1-3-6-10;1-8(9-5-3-2-4-6-9)16-11(13)10-7-15-12(14)17-10;13-11(10-8-16-12(14)17-10)15-7-6-9-4-2-1-3-5-9;12-8-3-1-7(2-4-8)5-15-10(13)9-6-16-11(14)17-9;11-9(8-6-13-10(12)15-8)14-7-4-2-1-3-5-7/h1-3,5-6,11H,4,7-9H2;2-6,8,10H,7H2,1H3;1-5,10H,6-8H2;1-4,9H,5-6H2;1-5,8H,6H2. The average molecular weight is 1190 g/mol. The summed E-state index contributed by atoms with van der Waals surface area (Å²) >= 11 is 5.71. The molecule has 6 unspecified atom stereocenters. The van der Waals surface area contributed by atoms with Crippen LogP contribution in [0.2, 0.25) is 5.02 Å². The lowest BCUT2D eigenvalue weighted by atomic mass is 10.1. The van der Waals surface area contributed by atoms with Gasteiger partial charge in [0.1, 0.15) is 51.5 Å². The normalized spacial score (nSPS) is 18.8. The van der Waals surface area contributed by atoms with Crippen molar-refractivity contribution in [3.8, 4) is 5.75 Å². The molecule has 5 aliphatic rings. The van der Waals surface area contributed by atoms with E-state index < -0.39 is 91.1 Å². The van der Waals surface area contributed by atoms with E-state index in [1.54, 1.807) is 61.5 Å². The smallest absolute Gasteiger partial charge is 0.463 e. The van der Waals surface area contributed by atoms with Gasteiger partial charge >= 0.3 is 60.6 Å². The lowest BCUT2D eigenvalue weighted by Crippen LogP contribution is -2.27. The first kappa shape index (κ1) is 63.3. The maximum Gasteiger partial charge on any atom is 0.509 e. The minimum atomic E-state index is -0.963. The number of hydrogen-bond acceptors (Lipinski definition) is 25. The van der Waals surface area contributed by atoms with Crippen LogP contribution in [-0.2, 0) is 110 Å². The molecule has 5 aromatic carbocycles. The molecule has 6 atom stereocenters. The second kappa shape index (κ2) is 33.7. The molecule has 5 aliphatic heterocycles. The summed E-state index contributed by atoms with van der Waals surface area (Å²) in [7, 11) is 0. The molecule has 5 heterocycles. The van der Waals surface area contributed by atoms with Gasteiger partial charge in [0.15, 0.2) is 0 Å².